The third-order valence-corrected chi connectivity index (χ3v) is 5.57. The quantitative estimate of drug-likeness (QED) is 0.0612. The molecular formula is C23H15F21O9. The number of carbonyl (C=O) groups excluding carboxylic acids is 3. The minimum Gasteiger partial charge on any atom is -0.456 e. The molecule has 0 aromatic rings. The predicted octanol–water partition coefficient (Wildman–Crippen LogP) is 7.24. The second-order valence-electron chi connectivity index (χ2n) is 9.22. The van der Waals surface area contributed by atoms with Gasteiger partial charge in [-0.3, -0.25) is 14.2 Å². The maximum absolute atomic E-state index is 15.4. The van der Waals surface area contributed by atoms with Crippen molar-refractivity contribution in [3.63, 3.8) is 0 Å². The summed E-state index contributed by atoms with van der Waals surface area (Å²) < 4.78 is 316. The lowest BCUT2D eigenvalue weighted by Gasteiger charge is -2.50. The Bertz CT molecular complexity index is 1220. The minimum atomic E-state index is -9.36. The molecule has 0 aliphatic heterocycles. The molecule has 0 saturated carbocycles. The van der Waals surface area contributed by atoms with Crippen molar-refractivity contribution < 1.29 is 135 Å². The number of hydrogen-bond acceptors (Lipinski definition) is 9. The van der Waals surface area contributed by atoms with Crippen LogP contribution in [-0.2, 0) is 42.8 Å². The number of alkyl halides is 21. The fourth-order valence-electron chi connectivity index (χ4n) is 3.02. The van der Waals surface area contributed by atoms with E-state index in [4.69, 9.17) is 0 Å². The molecule has 3 atom stereocenters. The van der Waals surface area contributed by atoms with Crippen LogP contribution in [0.5, 0.6) is 0 Å². The van der Waals surface area contributed by atoms with Gasteiger partial charge in [-0.05, 0) is 0 Å². The van der Waals surface area contributed by atoms with Crippen molar-refractivity contribution in [2.24, 2.45) is 5.41 Å². The Hall–Kier alpha value is -3.96. The van der Waals surface area contributed by atoms with E-state index in [-0.39, 0.29) is 18.2 Å². The Balaban J connectivity index is 8.53. The zero-order chi connectivity index (χ0) is 42.7. The molecule has 30 heteroatoms. The molecule has 0 rings (SSSR count). The molecule has 0 spiro atoms. The van der Waals surface area contributed by atoms with Crippen LogP contribution >= 0.6 is 0 Å². The third-order valence-electron chi connectivity index (χ3n) is 5.57. The van der Waals surface area contributed by atoms with Gasteiger partial charge < -0.3 is 14.2 Å². The van der Waals surface area contributed by atoms with Gasteiger partial charge in [-0.25, -0.2) is 14.4 Å². The summed E-state index contributed by atoms with van der Waals surface area (Å²) in [5, 5.41) is 0. The van der Waals surface area contributed by atoms with Crippen LogP contribution in [-0.4, -0.2) is 98.3 Å². The summed E-state index contributed by atoms with van der Waals surface area (Å²) in [4.78, 5) is 33.1. The first-order valence-electron chi connectivity index (χ1n) is 12.2. The number of esters is 3. The lowest BCUT2D eigenvalue weighted by molar-refractivity contribution is -0.596. The van der Waals surface area contributed by atoms with Crippen molar-refractivity contribution >= 4 is 17.9 Å². The third kappa shape index (κ3) is 9.97. The van der Waals surface area contributed by atoms with Gasteiger partial charge in [0.05, 0.1) is 0 Å². The zero-order valence-corrected chi connectivity index (χ0v) is 24.6. The fraction of sp³-hybridized carbons (Fsp3) is 0.609. The summed E-state index contributed by atoms with van der Waals surface area (Å²) >= 11 is 0. The second-order valence-corrected chi connectivity index (χ2v) is 9.22. The summed E-state index contributed by atoms with van der Waals surface area (Å²) in [6, 6.07) is 0. The van der Waals surface area contributed by atoms with Gasteiger partial charge in [-0.2, -0.15) is 92.2 Å². The van der Waals surface area contributed by atoms with Crippen molar-refractivity contribution in [3.05, 3.63) is 38.0 Å². The van der Waals surface area contributed by atoms with Gasteiger partial charge in [0.15, 0.2) is 19.8 Å². The molecule has 0 radical (unpaired) electrons. The van der Waals surface area contributed by atoms with Crippen LogP contribution in [0.25, 0.3) is 0 Å². The van der Waals surface area contributed by atoms with Crippen molar-refractivity contribution in [1.82, 2.24) is 0 Å². The molecule has 0 aliphatic rings. The van der Waals surface area contributed by atoms with Gasteiger partial charge in [0, 0.05) is 18.2 Å². The molecule has 3 unspecified atom stereocenters. The van der Waals surface area contributed by atoms with Gasteiger partial charge in [0.25, 0.3) is 0 Å². The first kappa shape index (κ1) is 49.0. The Kier molecular flexibility index (Phi) is 14.3. The number of carbonyl (C=O) groups is 3. The van der Waals surface area contributed by atoms with E-state index < -0.39 is 104 Å². The van der Waals surface area contributed by atoms with Crippen LogP contribution in [0.4, 0.5) is 92.2 Å². The Morgan fingerprint density at radius 3 is 0.698 bits per heavy atom. The molecule has 0 aliphatic carbocycles. The van der Waals surface area contributed by atoms with Crippen LogP contribution in [0.3, 0.4) is 0 Å². The Labute approximate surface area is 277 Å². The molecule has 0 N–H and O–H groups in total. The number of hydrogen-bond donors (Lipinski definition) is 0. The Morgan fingerprint density at radius 2 is 0.566 bits per heavy atom. The first-order chi connectivity index (χ1) is 23.2. The highest BCUT2D eigenvalue weighted by atomic mass is 19.4. The van der Waals surface area contributed by atoms with Crippen LogP contribution in [0.1, 0.15) is 0 Å². The molecule has 53 heavy (non-hydrogen) atoms. The van der Waals surface area contributed by atoms with Gasteiger partial charge in [-0.15, -0.1) is 0 Å². The first-order valence-corrected chi connectivity index (χ1v) is 12.2. The molecule has 9 nitrogen and oxygen atoms in total. The van der Waals surface area contributed by atoms with E-state index in [1.807, 2.05) is 14.2 Å². The van der Waals surface area contributed by atoms with Gasteiger partial charge in [0.2, 0.25) is 0 Å². The highest BCUT2D eigenvalue weighted by Crippen LogP contribution is 2.69. The average molecular weight is 834 g/mol. The highest BCUT2D eigenvalue weighted by Gasteiger charge is 2.97. The van der Waals surface area contributed by atoms with Gasteiger partial charge >= 0.3 is 83.9 Å². The van der Waals surface area contributed by atoms with Crippen LogP contribution in [0, 0.1) is 5.41 Å². The normalized spacial score (nSPS) is 18.3. The van der Waals surface area contributed by atoms with Crippen molar-refractivity contribution in [2.45, 2.75) is 60.6 Å². The van der Waals surface area contributed by atoms with E-state index in [0.29, 0.717) is 0 Å². The molecule has 0 saturated heterocycles. The van der Waals surface area contributed by atoms with Gasteiger partial charge in [-0.1, -0.05) is 19.7 Å². The van der Waals surface area contributed by atoms with Crippen molar-refractivity contribution in [3.8, 4) is 0 Å². The lowest BCUT2D eigenvalue weighted by atomic mass is 9.81. The average Bonchev–Trinajstić information content (AvgIpc) is 2.93. The number of ether oxygens (including phenoxy) is 6. The number of rotatable bonds is 18. The van der Waals surface area contributed by atoms with E-state index >= 15 is 26.3 Å². The molecule has 0 aromatic carbocycles. The standard InChI is InChI=1S/C23H15F21O9/c1-4-10(45)48-7-13(24,17(27,28)29)51-21(39,40)16(20(36,37)38,22(41,42)52-14(25,18(30,31)32)8-49-11(46)5-2)23(43,44)53-15(26,19(33,34)35)9-50-12(47)6-3/h4-6H,1-3,7-9H2. The monoisotopic (exact) mass is 834 g/mol. The smallest absolute Gasteiger partial charge is 0.452 e. The molecule has 0 bridgehead atoms. The molecule has 0 heterocycles. The molecule has 0 fully saturated rings. The summed E-state index contributed by atoms with van der Waals surface area (Å²) in [7, 11) is 0. The van der Waals surface area contributed by atoms with E-state index in [1.54, 1.807) is 0 Å². The topological polar surface area (TPSA) is 107 Å². The number of halogens is 21. The van der Waals surface area contributed by atoms with Crippen LogP contribution in [0.15, 0.2) is 38.0 Å². The molecular weight excluding hydrogens is 819 g/mol. The Morgan fingerprint density at radius 1 is 0.377 bits per heavy atom. The fourth-order valence-corrected chi connectivity index (χ4v) is 3.02. The maximum Gasteiger partial charge on any atom is 0.452 e. The highest BCUT2D eigenvalue weighted by molar-refractivity contribution is 5.81. The van der Waals surface area contributed by atoms with E-state index in [9.17, 15) is 80.2 Å². The van der Waals surface area contributed by atoms with E-state index in [2.05, 4.69) is 33.9 Å². The predicted molar refractivity (Wildman–Crippen MR) is 120 cm³/mol. The second kappa shape index (κ2) is 15.4. The minimum absolute atomic E-state index is 0.298. The SMILES string of the molecule is C=CC(=O)OCC(F)(OC(F)(F)C(C(F)(F)F)(C(F)(F)OC(F)(COC(=O)C=C)C(F)(F)F)C(F)(F)OC(F)(COC(=O)C=C)C(F)(F)F)C(F)(F)F. The largest absolute Gasteiger partial charge is 0.456 e. The van der Waals surface area contributed by atoms with Crippen LogP contribution in [0.2, 0.25) is 0 Å². The van der Waals surface area contributed by atoms with E-state index in [0.717, 1.165) is 0 Å². The van der Waals surface area contributed by atoms with E-state index in [1.165, 1.54) is 0 Å². The summed E-state index contributed by atoms with van der Waals surface area (Å²) in [5.41, 5.74) is -9.36. The molecule has 308 valence electrons. The molecule has 0 aromatic heterocycles. The summed E-state index contributed by atoms with van der Waals surface area (Å²) in [6.45, 7) is -3.78. The van der Waals surface area contributed by atoms with Crippen molar-refractivity contribution in [1.29, 1.82) is 0 Å². The summed E-state index contributed by atoms with van der Waals surface area (Å²) in [5.74, 6) is -28.5. The zero-order valence-electron chi connectivity index (χ0n) is 24.6. The molecule has 0 amide bonds. The maximum atomic E-state index is 15.4. The lowest BCUT2D eigenvalue weighted by Crippen LogP contribution is -2.77. The van der Waals surface area contributed by atoms with Crippen molar-refractivity contribution in [2.75, 3.05) is 19.8 Å². The van der Waals surface area contributed by atoms with Crippen LogP contribution < -0.4 is 0 Å². The van der Waals surface area contributed by atoms with Gasteiger partial charge in [0.1, 0.15) is 0 Å². The summed E-state index contributed by atoms with van der Waals surface area (Å²) in [6.07, 6.45) is -59.4.